The first-order valence-electron chi connectivity index (χ1n) is 7.64. The molecule has 0 aromatic heterocycles. The number of carbonyl (C=O) groups is 1. The van der Waals surface area contributed by atoms with Crippen LogP contribution in [0.2, 0.25) is 0 Å². The van der Waals surface area contributed by atoms with Gasteiger partial charge in [-0.05, 0) is 31.2 Å². The summed E-state index contributed by atoms with van der Waals surface area (Å²) in [5.41, 5.74) is 1.13. The number of carbonyl (C=O) groups excluding carboxylic acids is 1. The zero-order valence-corrected chi connectivity index (χ0v) is 14.1. The second-order valence-electron chi connectivity index (χ2n) is 5.26. The predicted octanol–water partition coefficient (Wildman–Crippen LogP) is 3.61. The molecule has 0 bridgehead atoms. The molecule has 6 nitrogen and oxygen atoms in total. The molecule has 1 unspecified atom stereocenters. The maximum absolute atomic E-state index is 12.5. The van der Waals surface area contributed by atoms with Crippen LogP contribution in [-0.2, 0) is 4.79 Å². The van der Waals surface area contributed by atoms with E-state index in [2.05, 4.69) is 15.4 Å². The van der Waals surface area contributed by atoms with Gasteiger partial charge in [-0.25, -0.2) is 0 Å². The molecule has 8 heteroatoms. The Hall–Kier alpha value is -3.34. The van der Waals surface area contributed by atoms with Crippen molar-refractivity contribution in [1.82, 2.24) is 0 Å². The Labute approximate surface area is 149 Å². The summed E-state index contributed by atoms with van der Waals surface area (Å²) in [6.45, 7) is -1.40. The summed E-state index contributed by atoms with van der Waals surface area (Å²) in [4.78, 5) is 12.3. The number of halogens is 2. The van der Waals surface area contributed by atoms with Gasteiger partial charge in [-0.3, -0.25) is 4.79 Å². The Kier molecular flexibility index (Phi) is 6.33. The maximum atomic E-state index is 12.5. The van der Waals surface area contributed by atoms with E-state index in [1.54, 1.807) is 37.3 Å². The Morgan fingerprint density at radius 3 is 2.58 bits per heavy atom. The number of rotatable bonds is 7. The topological polar surface area (TPSA) is 83.4 Å². The first kappa shape index (κ1) is 19.0. The van der Waals surface area contributed by atoms with Crippen LogP contribution in [0.5, 0.6) is 11.5 Å². The number of nitrogens with one attached hydrogen (secondary N) is 2. The molecule has 0 heterocycles. The van der Waals surface area contributed by atoms with Crippen LogP contribution in [-0.4, -0.2) is 25.7 Å². The standard InChI is InChI=1S/C18H17F2N3O3/c1-11(17(24)23-14-6-4-3-5-12(14)10-21)22-13-7-8-15(25-2)16(9-13)26-18(19)20/h3-9,11,18,22H,1-2H3,(H,23,24). The van der Waals surface area contributed by atoms with E-state index in [1.165, 1.54) is 19.2 Å². The molecule has 0 radical (unpaired) electrons. The van der Waals surface area contributed by atoms with Crippen LogP contribution in [0.25, 0.3) is 0 Å². The Bertz CT molecular complexity index is 822. The fourth-order valence-corrected chi connectivity index (χ4v) is 2.20. The lowest BCUT2D eigenvalue weighted by molar-refractivity contribution is -0.116. The lowest BCUT2D eigenvalue weighted by Gasteiger charge is -2.17. The van der Waals surface area contributed by atoms with E-state index in [4.69, 9.17) is 10.00 Å². The van der Waals surface area contributed by atoms with Gasteiger partial charge in [-0.15, -0.1) is 0 Å². The van der Waals surface area contributed by atoms with Gasteiger partial charge < -0.3 is 20.1 Å². The predicted molar refractivity (Wildman–Crippen MR) is 92.5 cm³/mol. The first-order valence-corrected chi connectivity index (χ1v) is 7.64. The minimum absolute atomic E-state index is 0.144. The minimum atomic E-state index is -3.00. The summed E-state index contributed by atoms with van der Waals surface area (Å²) in [5, 5.41) is 14.6. The van der Waals surface area contributed by atoms with Gasteiger partial charge in [-0.1, -0.05) is 12.1 Å². The number of hydrogen-bond acceptors (Lipinski definition) is 5. The average Bonchev–Trinajstić information content (AvgIpc) is 2.62. The number of hydrogen-bond donors (Lipinski definition) is 2. The van der Waals surface area contributed by atoms with Crippen molar-refractivity contribution in [1.29, 1.82) is 5.26 Å². The van der Waals surface area contributed by atoms with Gasteiger partial charge in [0.25, 0.3) is 0 Å². The van der Waals surface area contributed by atoms with E-state index in [-0.39, 0.29) is 17.4 Å². The number of anilines is 2. The Morgan fingerprint density at radius 2 is 1.92 bits per heavy atom. The van der Waals surface area contributed by atoms with Crippen LogP contribution in [0, 0.1) is 11.3 Å². The SMILES string of the molecule is COc1ccc(NC(C)C(=O)Nc2ccccc2C#N)cc1OC(F)F. The number of ether oxygens (including phenoxy) is 2. The van der Waals surface area contributed by atoms with Gasteiger partial charge in [0.1, 0.15) is 12.1 Å². The highest BCUT2D eigenvalue weighted by Crippen LogP contribution is 2.31. The Morgan fingerprint density at radius 1 is 1.19 bits per heavy atom. The van der Waals surface area contributed by atoms with Crippen LogP contribution in [0.4, 0.5) is 20.2 Å². The van der Waals surface area contributed by atoms with Gasteiger partial charge >= 0.3 is 6.61 Å². The number of benzene rings is 2. The number of alkyl halides is 2. The number of nitriles is 1. The molecule has 0 aliphatic carbocycles. The van der Waals surface area contributed by atoms with Gasteiger partial charge in [0.05, 0.1) is 18.4 Å². The van der Waals surface area contributed by atoms with Crippen molar-refractivity contribution in [2.45, 2.75) is 19.6 Å². The molecule has 2 aromatic carbocycles. The summed E-state index contributed by atoms with van der Waals surface area (Å²) in [5.74, 6) is -0.384. The second-order valence-corrected chi connectivity index (χ2v) is 5.26. The van der Waals surface area contributed by atoms with E-state index in [9.17, 15) is 13.6 Å². The van der Waals surface area contributed by atoms with Crippen molar-refractivity contribution < 1.29 is 23.0 Å². The lowest BCUT2D eigenvalue weighted by Crippen LogP contribution is -2.32. The number of methoxy groups -OCH3 is 1. The summed E-state index contributed by atoms with van der Waals surface area (Å²) >= 11 is 0. The number of para-hydroxylation sites is 1. The molecule has 26 heavy (non-hydrogen) atoms. The third-order valence-electron chi connectivity index (χ3n) is 3.46. The largest absolute Gasteiger partial charge is 0.493 e. The van der Waals surface area contributed by atoms with Crippen molar-refractivity contribution in [2.75, 3.05) is 17.7 Å². The summed E-state index contributed by atoms with van der Waals surface area (Å²) < 4.78 is 34.3. The monoisotopic (exact) mass is 361 g/mol. The van der Waals surface area contributed by atoms with Crippen molar-refractivity contribution in [3.63, 3.8) is 0 Å². The van der Waals surface area contributed by atoms with E-state index < -0.39 is 12.7 Å². The maximum Gasteiger partial charge on any atom is 0.387 e. The van der Waals surface area contributed by atoms with Crippen LogP contribution in [0.3, 0.4) is 0 Å². The van der Waals surface area contributed by atoms with Crippen LogP contribution in [0.15, 0.2) is 42.5 Å². The third-order valence-corrected chi connectivity index (χ3v) is 3.46. The van der Waals surface area contributed by atoms with Crippen molar-refractivity contribution >= 4 is 17.3 Å². The molecule has 1 amide bonds. The molecule has 0 saturated heterocycles. The van der Waals surface area contributed by atoms with Crippen molar-refractivity contribution in [3.05, 3.63) is 48.0 Å². The summed E-state index contributed by atoms with van der Waals surface area (Å²) in [6, 6.07) is 12.2. The van der Waals surface area contributed by atoms with Crippen molar-refractivity contribution in [3.8, 4) is 17.6 Å². The molecule has 2 N–H and O–H groups in total. The second kappa shape index (κ2) is 8.67. The van der Waals surface area contributed by atoms with Gasteiger partial charge in [0.15, 0.2) is 11.5 Å². The molecule has 0 aliphatic heterocycles. The molecule has 0 saturated carbocycles. The normalized spacial score (nSPS) is 11.4. The first-order chi connectivity index (χ1) is 12.4. The summed E-state index contributed by atoms with van der Waals surface area (Å²) in [6.07, 6.45) is 0. The fraction of sp³-hybridized carbons (Fsp3) is 0.222. The van der Waals surface area contributed by atoms with Crippen LogP contribution >= 0.6 is 0 Å². The molecule has 2 aromatic rings. The Balaban J connectivity index is 2.10. The fourth-order valence-electron chi connectivity index (χ4n) is 2.20. The van der Waals surface area contributed by atoms with E-state index in [1.807, 2.05) is 6.07 Å². The average molecular weight is 361 g/mol. The quantitative estimate of drug-likeness (QED) is 0.787. The van der Waals surface area contributed by atoms with Gasteiger partial charge in [0.2, 0.25) is 5.91 Å². The highest BCUT2D eigenvalue weighted by Gasteiger charge is 2.16. The highest BCUT2D eigenvalue weighted by atomic mass is 19.3. The smallest absolute Gasteiger partial charge is 0.387 e. The zero-order valence-electron chi connectivity index (χ0n) is 14.1. The van der Waals surface area contributed by atoms with E-state index in [0.717, 1.165) is 0 Å². The lowest BCUT2D eigenvalue weighted by atomic mass is 10.2. The molecule has 0 aliphatic rings. The highest BCUT2D eigenvalue weighted by molar-refractivity contribution is 5.97. The zero-order chi connectivity index (χ0) is 19.1. The molecule has 2 rings (SSSR count). The van der Waals surface area contributed by atoms with E-state index in [0.29, 0.717) is 16.9 Å². The number of amides is 1. The van der Waals surface area contributed by atoms with E-state index >= 15 is 0 Å². The molecular weight excluding hydrogens is 344 g/mol. The molecular formula is C18H17F2N3O3. The molecule has 1 atom stereocenters. The van der Waals surface area contributed by atoms with Crippen LogP contribution in [0.1, 0.15) is 12.5 Å². The molecule has 136 valence electrons. The van der Waals surface area contributed by atoms with Crippen LogP contribution < -0.4 is 20.1 Å². The summed E-state index contributed by atoms with van der Waals surface area (Å²) in [7, 11) is 1.34. The van der Waals surface area contributed by atoms with Gasteiger partial charge in [0, 0.05) is 11.8 Å². The molecule has 0 spiro atoms. The minimum Gasteiger partial charge on any atom is -0.493 e. The van der Waals surface area contributed by atoms with Gasteiger partial charge in [-0.2, -0.15) is 14.0 Å². The third kappa shape index (κ3) is 4.83. The molecule has 0 fully saturated rings. The van der Waals surface area contributed by atoms with Crippen molar-refractivity contribution in [2.24, 2.45) is 0 Å². The number of nitrogens with zero attached hydrogens (tertiary/aromatic N) is 1.